The van der Waals surface area contributed by atoms with Gasteiger partial charge in [-0.15, -0.1) is 0 Å². The Balaban J connectivity index is 1.97. The van der Waals surface area contributed by atoms with E-state index < -0.39 is 5.97 Å². The molecule has 1 unspecified atom stereocenters. The van der Waals surface area contributed by atoms with Crippen molar-refractivity contribution < 1.29 is 14.7 Å². The zero-order valence-electron chi connectivity index (χ0n) is 12.0. The maximum Gasteiger partial charge on any atom is 0.303 e. The van der Waals surface area contributed by atoms with E-state index in [0.717, 1.165) is 36.3 Å². The second-order valence-electron chi connectivity index (χ2n) is 5.54. The molecule has 0 aliphatic carbocycles. The van der Waals surface area contributed by atoms with Crippen LogP contribution in [0.3, 0.4) is 0 Å². The predicted octanol–water partition coefficient (Wildman–Crippen LogP) is 1.28. The van der Waals surface area contributed by atoms with E-state index in [1.807, 2.05) is 13.8 Å². The highest BCUT2D eigenvalue weighted by Gasteiger charge is 2.26. The zero-order chi connectivity index (χ0) is 14.7. The number of carbonyl (C=O) groups excluding carboxylic acids is 1. The molecule has 1 saturated heterocycles. The fourth-order valence-electron chi connectivity index (χ4n) is 2.80. The van der Waals surface area contributed by atoms with Crippen molar-refractivity contribution in [2.24, 2.45) is 5.92 Å². The molecule has 2 N–H and O–H groups in total. The lowest BCUT2D eigenvalue weighted by Gasteiger charge is -2.32. The summed E-state index contributed by atoms with van der Waals surface area (Å²) >= 11 is 0. The average molecular weight is 279 g/mol. The lowest BCUT2D eigenvalue weighted by molar-refractivity contribution is -0.140. The predicted molar refractivity (Wildman–Crippen MR) is 73.3 cm³/mol. The quantitative estimate of drug-likeness (QED) is 0.869. The number of carboxylic acid groups (broad SMARTS) is 1. The molecule has 2 rings (SSSR count). The van der Waals surface area contributed by atoms with Crippen LogP contribution in [0.25, 0.3) is 0 Å². The third-order valence-electron chi connectivity index (χ3n) is 3.94. The number of H-pyrrole nitrogens is 1. The van der Waals surface area contributed by atoms with Crippen molar-refractivity contribution in [2.45, 2.75) is 39.5 Å². The van der Waals surface area contributed by atoms with E-state index in [0.29, 0.717) is 13.0 Å². The second-order valence-corrected chi connectivity index (χ2v) is 5.54. The van der Waals surface area contributed by atoms with E-state index in [1.54, 1.807) is 4.90 Å². The van der Waals surface area contributed by atoms with Crippen LogP contribution in [0.1, 0.15) is 36.2 Å². The van der Waals surface area contributed by atoms with Crippen molar-refractivity contribution in [3.8, 4) is 0 Å². The Hall–Kier alpha value is -1.85. The Morgan fingerprint density at radius 1 is 1.45 bits per heavy atom. The maximum absolute atomic E-state index is 12.3. The number of nitrogens with zero attached hydrogens (tertiary/aromatic N) is 2. The molecule has 0 saturated carbocycles. The molecule has 1 aromatic rings. The van der Waals surface area contributed by atoms with Crippen LogP contribution >= 0.6 is 0 Å². The molecule has 2 heterocycles. The topological polar surface area (TPSA) is 86.3 Å². The standard InChI is InChI=1S/C14H21N3O3/c1-9-12(10(2)16-15-9)7-13(18)17-5-3-4-11(8-17)6-14(19)20/h11H,3-8H2,1-2H3,(H,15,16)(H,19,20). The Bertz CT molecular complexity index is 490. The Labute approximate surface area is 118 Å². The van der Waals surface area contributed by atoms with E-state index in [-0.39, 0.29) is 18.2 Å². The van der Waals surface area contributed by atoms with Crippen LogP contribution in [0.4, 0.5) is 0 Å². The first kappa shape index (κ1) is 14.6. The Morgan fingerprint density at radius 2 is 2.20 bits per heavy atom. The smallest absolute Gasteiger partial charge is 0.303 e. The molecule has 1 aliphatic rings. The molecule has 1 fully saturated rings. The van der Waals surface area contributed by atoms with E-state index in [1.165, 1.54) is 0 Å². The normalized spacial score (nSPS) is 19.1. The van der Waals surface area contributed by atoms with Crippen molar-refractivity contribution in [1.82, 2.24) is 15.1 Å². The van der Waals surface area contributed by atoms with Gasteiger partial charge in [-0.25, -0.2) is 0 Å². The van der Waals surface area contributed by atoms with Gasteiger partial charge in [-0.1, -0.05) is 0 Å². The number of rotatable bonds is 4. The molecule has 0 aromatic carbocycles. The third kappa shape index (κ3) is 3.37. The fraction of sp³-hybridized carbons (Fsp3) is 0.643. The van der Waals surface area contributed by atoms with Gasteiger partial charge in [0.1, 0.15) is 0 Å². The van der Waals surface area contributed by atoms with Crippen LogP contribution < -0.4 is 0 Å². The summed E-state index contributed by atoms with van der Waals surface area (Å²) in [6.45, 7) is 5.08. The van der Waals surface area contributed by atoms with Crippen LogP contribution in [0.2, 0.25) is 0 Å². The second kappa shape index (κ2) is 6.07. The third-order valence-corrected chi connectivity index (χ3v) is 3.94. The van der Waals surface area contributed by atoms with Gasteiger partial charge in [-0.2, -0.15) is 5.10 Å². The summed E-state index contributed by atoms with van der Waals surface area (Å²) in [6.07, 6.45) is 2.26. The van der Waals surface area contributed by atoms with Gasteiger partial charge >= 0.3 is 5.97 Å². The first-order chi connectivity index (χ1) is 9.47. The molecule has 6 heteroatoms. The fourth-order valence-corrected chi connectivity index (χ4v) is 2.80. The van der Waals surface area contributed by atoms with E-state index in [2.05, 4.69) is 10.2 Å². The molecule has 20 heavy (non-hydrogen) atoms. The molecule has 1 atom stereocenters. The zero-order valence-corrected chi connectivity index (χ0v) is 12.0. The van der Waals surface area contributed by atoms with Crippen LogP contribution in [0.15, 0.2) is 0 Å². The molecule has 6 nitrogen and oxygen atoms in total. The molecule has 0 radical (unpaired) electrons. The number of aromatic amines is 1. The molecule has 0 bridgehead atoms. The summed E-state index contributed by atoms with van der Waals surface area (Å²) < 4.78 is 0. The van der Waals surface area contributed by atoms with Gasteiger partial charge in [-0.05, 0) is 32.6 Å². The summed E-state index contributed by atoms with van der Waals surface area (Å²) in [7, 11) is 0. The minimum atomic E-state index is -0.786. The number of carboxylic acids is 1. The highest BCUT2D eigenvalue weighted by Crippen LogP contribution is 2.21. The SMILES string of the molecule is Cc1n[nH]c(C)c1CC(=O)N1CCCC(CC(=O)O)C1. The number of hydrogen-bond donors (Lipinski definition) is 2. The maximum atomic E-state index is 12.3. The number of nitrogens with one attached hydrogen (secondary N) is 1. The van der Waals surface area contributed by atoms with Crippen LogP contribution in [-0.2, 0) is 16.0 Å². The Kier molecular flexibility index (Phi) is 4.42. The molecule has 1 amide bonds. The molecule has 0 spiro atoms. The number of piperidine rings is 1. The summed E-state index contributed by atoms with van der Waals surface area (Å²) in [4.78, 5) is 24.9. The van der Waals surface area contributed by atoms with Gasteiger partial charge in [-0.3, -0.25) is 14.7 Å². The lowest BCUT2D eigenvalue weighted by atomic mass is 9.94. The minimum absolute atomic E-state index is 0.0627. The van der Waals surface area contributed by atoms with Crippen LogP contribution in [0, 0.1) is 19.8 Å². The molecule has 110 valence electrons. The largest absolute Gasteiger partial charge is 0.481 e. The van der Waals surface area contributed by atoms with Crippen molar-refractivity contribution in [1.29, 1.82) is 0 Å². The van der Waals surface area contributed by atoms with Crippen LogP contribution in [-0.4, -0.2) is 45.2 Å². The lowest BCUT2D eigenvalue weighted by Crippen LogP contribution is -2.41. The number of amides is 1. The van der Waals surface area contributed by atoms with Gasteiger partial charge in [0.05, 0.1) is 12.1 Å². The van der Waals surface area contributed by atoms with Gasteiger partial charge < -0.3 is 10.0 Å². The van der Waals surface area contributed by atoms with Crippen molar-refractivity contribution in [2.75, 3.05) is 13.1 Å². The first-order valence-corrected chi connectivity index (χ1v) is 6.97. The molecule has 1 aromatic heterocycles. The summed E-state index contributed by atoms with van der Waals surface area (Å²) in [5.41, 5.74) is 2.74. The summed E-state index contributed by atoms with van der Waals surface area (Å²) in [5.74, 6) is -0.643. The first-order valence-electron chi connectivity index (χ1n) is 6.97. The highest BCUT2D eigenvalue weighted by molar-refractivity contribution is 5.79. The molecule has 1 aliphatic heterocycles. The number of likely N-dealkylation sites (tertiary alicyclic amines) is 1. The highest BCUT2D eigenvalue weighted by atomic mass is 16.4. The van der Waals surface area contributed by atoms with E-state index in [4.69, 9.17) is 5.11 Å². The monoisotopic (exact) mass is 279 g/mol. The number of hydrogen-bond acceptors (Lipinski definition) is 3. The van der Waals surface area contributed by atoms with Gasteiger partial charge in [0.25, 0.3) is 0 Å². The summed E-state index contributed by atoms with van der Waals surface area (Å²) in [5, 5.41) is 15.8. The molecular weight excluding hydrogens is 258 g/mol. The van der Waals surface area contributed by atoms with Crippen LogP contribution in [0.5, 0.6) is 0 Å². The summed E-state index contributed by atoms with van der Waals surface area (Å²) in [6, 6.07) is 0. The molecular formula is C14H21N3O3. The van der Waals surface area contributed by atoms with Gasteiger partial charge in [0.15, 0.2) is 0 Å². The number of aromatic nitrogens is 2. The number of aryl methyl sites for hydroxylation is 2. The van der Waals surface area contributed by atoms with Gasteiger partial charge in [0.2, 0.25) is 5.91 Å². The van der Waals surface area contributed by atoms with Crippen molar-refractivity contribution in [3.05, 3.63) is 17.0 Å². The van der Waals surface area contributed by atoms with Crippen molar-refractivity contribution in [3.63, 3.8) is 0 Å². The van der Waals surface area contributed by atoms with E-state index >= 15 is 0 Å². The minimum Gasteiger partial charge on any atom is -0.481 e. The van der Waals surface area contributed by atoms with E-state index in [9.17, 15) is 9.59 Å². The Morgan fingerprint density at radius 3 is 2.80 bits per heavy atom. The van der Waals surface area contributed by atoms with Crippen molar-refractivity contribution >= 4 is 11.9 Å². The van der Waals surface area contributed by atoms with Gasteiger partial charge in [0, 0.05) is 30.8 Å². The number of aliphatic carboxylic acids is 1. The average Bonchev–Trinajstić information content (AvgIpc) is 2.70. The number of carbonyl (C=O) groups is 2.